The van der Waals surface area contributed by atoms with Crippen molar-refractivity contribution in [3.63, 3.8) is 0 Å². The third-order valence-electron chi connectivity index (χ3n) is 2.80. The number of phenols is 1. The summed E-state index contributed by atoms with van der Waals surface area (Å²) in [6, 6.07) is 7.93. The molecule has 0 unspecified atom stereocenters. The maximum Gasteiger partial charge on any atom is 0.272 e. The number of hydrazone groups is 1. The Balaban J connectivity index is 2.14. The minimum absolute atomic E-state index is 0.0989. The number of carbonyl (C=O) groups excluding carboxylic acids is 1. The van der Waals surface area contributed by atoms with Gasteiger partial charge in [0, 0.05) is 10.6 Å². The van der Waals surface area contributed by atoms with Crippen LogP contribution in [0.25, 0.3) is 0 Å². The smallest absolute Gasteiger partial charge is 0.272 e. The van der Waals surface area contributed by atoms with Crippen LogP contribution in [0.4, 0.5) is 0 Å². The SMILES string of the molecule is Cc1ccc(C(=O)NN=Cc2cc(Cl)cc(Cl)c2O)c(Cl)c1. The van der Waals surface area contributed by atoms with E-state index < -0.39 is 5.91 Å². The first-order chi connectivity index (χ1) is 10.4. The van der Waals surface area contributed by atoms with Gasteiger partial charge >= 0.3 is 0 Å². The van der Waals surface area contributed by atoms with Crippen molar-refractivity contribution in [1.29, 1.82) is 0 Å². The van der Waals surface area contributed by atoms with Gasteiger partial charge in [0.1, 0.15) is 5.75 Å². The number of aromatic hydroxyl groups is 1. The van der Waals surface area contributed by atoms with E-state index in [4.69, 9.17) is 34.8 Å². The number of halogens is 3. The number of amides is 1. The van der Waals surface area contributed by atoms with Crippen molar-refractivity contribution in [2.75, 3.05) is 0 Å². The maximum absolute atomic E-state index is 12.0. The Morgan fingerprint density at radius 2 is 1.91 bits per heavy atom. The number of nitrogens with zero attached hydrogens (tertiary/aromatic N) is 1. The molecular weight excluding hydrogens is 347 g/mol. The molecule has 1 amide bonds. The summed E-state index contributed by atoms with van der Waals surface area (Å²) in [6.07, 6.45) is 1.24. The molecule has 2 aromatic rings. The van der Waals surface area contributed by atoms with Gasteiger partial charge in [0.05, 0.1) is 21.8 Å². The van der Waals surface area contributed by atoms with Crippen LogP contribution < -0.4 is 5.43 Å². The first-order valence-electron chi connectivity index (χ1n) is 6.16. The molecule has 0 atom stereocenters. The molecule has 0 radical (unpaired) electrons. The highest BCUT2D eigenvalue weighted by molar-refractivity contribution is 6.36. The molecule has 0 aliphatic heterocycles. The van der Waals surface area contributed by atoms with E-state index in [0.717, 1.165) is 5.56 Å². The second kappa shape index (κ2) is 7.01. The Kier molecular flexibility index (Phi) is 5.29. The largest absolute Gasteiger partial charge is 0.506 e. The molecule has 0 aromatic heterocycles. The van der Waals surface area contributed by atoms with Gasteiger partial charge in [-0.05, 0) is 36.8 Å². The van der Waals surface area contributed by atoms with Gasteiger partial charge in [-0.3, -0.25) is 4.79 Å². The standard InChI is InChI=1S/C15H11Cl3N2O2/c1-8-2-3-11(12(17)4-8)15(22)20-19-7-9-5-10(16)6-13(18)14(9)21/h2-7,21H,1H3,(H,20,22). The number of nitrogens with one attached hydrogen (secondary N) is 1. The minimum atomic E-state index is -0.464. The number of hydrogen-bond donors (Lipinski definition) is 2. The molecule has 0 heterocycles. The van der Waals surface area contributed by atoms with Crippen molar-refractivity contribution >= 4 is 46.9 Å². The lowest BCUT2D eigenvalue weighted by molar-refractivity contribution is 0.0955. The molecule has 22 heavy (non-hydrogen) atoms. The average molecular weight is 358 g/mol. The number of phenolic OH excluding ortho intramolecular Hbond substituents is 1. The van der Waals surface area contributed by atoms with E-state index in [1.165, 1.54) is 18.3 Å². The highest BCUT2D eigenvalue weighted by Crippen LogP contribution is 2.29. The molecule has 0 aliphatic rings. The fourth-order valence-electron chi connectivity index (χ4n) is 1.71. The monoisotopic (exact) mass is 356 g/mol. The highest BCUT2D eigenvalue weighted by Gasteiger charge is 2.10. The Bertz CT molecular complexity index is 761. The molecule has 7 heteroatoms. The lowest BCUT2D eigenvalue weighted by Gasteiger charge is -2.04. The summed E-state index contributed by atoms with van der Waals surface area (Å²) < 4.78 is 0. The van der Waals surface area contributed by atoms with E-state index in [2.05, 4.69) is 10.5 Å². The summed E-state index contributed by atoms with van der Waals surface area (Å²) in [4.78, 5) is 12.0. The minimum Gasteiger partial charge on any atom is -0.506 e. The second-order valence-corrected chi connectivity index (χ2v) is 5.76. The van der Waals surface area contributed by atoms with Crippen molar-refractivity contribution < 1.29 is 9.90 Å². The lowest BCUT2D eigenvalue weighted by Crippen LogP contribution is -2.18. The van der Waals surface area contributed by atoms with E-state index >= 15 is 0 Å². The number of carbonyl (C=O) groups is 1. The van der Waals surface area contributed by atoms with Gasteiger partial charge in [-0.1, -0.05) is 40.9 Å². The Labute approximate surface area is 142 Å². The predicted molar refractivity (Wildman–Crippen MR) is 89.4 cm³/mol. The third kappa shape index (κ3) is 3.91. The summed E-state index contributed by atoms with van der Waals surface area (Å²) in [7, 11) is 0. The fraction of sp³-hybridized carbons (Fsp3) is 0.0667. The van der Waals surface area contributed by atoms with Crippen LogP contribution in [0.15, 0.2) is 35.4 Å². The van der Waals surface area contributed by atoms with Crippen molar-refractivity contribution in [2.24, 2.45) is 5.10 Å². The van der Waals surface area contributed by atoms with Crippen LogP contribution in [-0.2, 0) is 0 Å². The number of benzene rings is 2. The van der Waals surface area contributed by atoms with Crippen molar-refractivity contribution in [2.45, 2.75) is 6.92 Å². The number of rotatable bonds is 3. The number of hydrogen-bond acceptors (Lipinski definition) is 3. The zero-order valence-electron chi connectivity index (χ0n) is 11.4. The van der Waals surface area contributed by atoms with E-state index in [1.807, 2.05) is 6.92 Å². The van der Waals surface area contributed by atoms with Gasteiger partial charge in [0.25, 0.3) is 5.91 Å². The predicted octanol–water partition coefficient (Wildman–Crippen LogP) is 4.42. The molecule has 114 valence electrons. The summed E-state index contributed by atoms with van der Waals surface area (Å²) in [5.74, 6) is -0.633. The molecule has 0 saturated heterocycles. The molecular formula is C15H11Cl3N2O2. The highest BCUT2D eigenvalue weighted by atomic mass is 35.5. The Morgan fingerprint density at radius 3 is 2.59 bits per heavy atom. The van der Waals surface area contributed by atoms with Crippen molar-refractivity contribution in [1.82, 2.24) is 5.43 Å². The Morgan fingerprint density at radius 1 is 1.18 bits per heavy atom. The van der Waals surface area contributed by atoms with Crippen LogP contribution in [0.1, 0.15) is 21.5 Å². The molecule has 0 fully saturated rings. The molecule has 4 nitrogen and oxygen atoms in total. The molecule has 2 N–H and O–H groups in total. The van der Waals surface area contributed by atoms with Crippen LogP contribution >= 0.6 is 34.8 Å². The third-order valence-corrected chi connectivity index (χ3v) is 3.62. The van der Waals surface area contributed by atoms with E-state index in [1.54, 1.807) is 18.2 Å². The summed E-state index contributed by atoms with van der Waals surface area (Å²) in [5, 5.41) is 14.3. The average Bonchev–Trinajstić information content (AvgIpc) is 2.43. The van der Waals surface area contributed by atoms with Gasteiger partial charge in [0.15, 0.2) is 0 Å². The van der Waals surface area contributed by atoms with Crippen molar-refractivity contribution in [3.05, 3.63) is 62.1 Å². The van der Waals surface area contributed by atoms with Gasteiger partial charge < -0.3 is 5.11 Å². The van der Waals surface area contributed by atoms with Crippen LogP contribution in [0.3, 0.4) is 0 Å². The van der Waals surface area contributed by atoms with Gasteiger partial charge in [0.2, 0.25) is 0 Å². The first-order valence-corrected chi connectivity index (χ1v) is 7.29. The quantitative estimate of drug-likeness (QED) is 0.631. The molecule has 0 aliphatic carbocycles. The van der Waals surface area contributed by atoms with Gasteiger partial charge in [-0.25, -0.2) is 5.43 Å². The van der Waals surface area contributed by atoms with Crippen LogP contribution in [0, 0.1) is 6.92 Å². The number of aryl methyl sites for hydroxylation is 1. The molecule has 0 bridgehead atoms. The fourth-order valence-corrected chi connectivity index (χ4v) is 2.54. The zero-order chi connectivity index (χ0) is 16.3. The molecule has 2 rings (SSSR count). The summed E-state index contributed by atoms with van der Waals surface area (Å²) in [5.41, 5.74) is 3.86. The molecule has 0 spiro atoms. The van der Waals surface area contributed by atoms with E-state index in [-0.39, 0.29) is 16.3 Å². The Hall–Kier alpha value is -1.75. The van der Waals surface area contributed by atoms with E-state index in [9.17, 15) is 9.90 Å². The molecule has 0 saturated carbocycles. The molecule has 2 aromatic carbocycles. The topological polar surface area (TPSA) is 61.7 Å². The lowest BCUT2D eigenvalue weighted by atomic mass is 10.1. The zero-order valence-corrected chi connectivity index (χ0v) is 13.7. The van der Waals surface area contributed by atoms with E-state index in [0.29, 0.717) is 15.6 Å². The summed E-state index contributed by atoms with van der Waals surface area (Å²) >= 11 is 17.6. The van der Waals surface area contributed by atoms with Crippen LogP contribution in [0.5, 0.6) is 5.75 Å². The summed E-state index contributed by atoms with van der Waals surface area (Å²) in [6.45, 7) is 1.87. The normalized spacial score (nSPS) is 10.9. The first kappa shape index (κ1) is 16.6. The second-order valence-electron chi connectivity index (χ2n) is 4.51. The van der Waals surface area contributed by atoms with Gasteiger partial charge in [-0.2, -0.15) is 5.10 Å². The van der Waals surface area contributed by atoms with Crippen LogP contribution in [-0.4, -0.2) is 17.2 Å². The van der Waals surface area contributed by atoms with Crippen molar-refractivity contribution in [3.8, 4) is 5.75 Å². The van der Waals surface area contributed by atoms with Gasteiger partial charge in [-0.15, -0.1) is 0 Å². The maximum atomic E-state index is 12.0. The van der Waals surface area contributed by atoms with Crippen LogP contribution in [0.2, 0.25) is 15.1 Å².